The number of aromatic nitrogens is 2. The number of hydrogen-bond donors (Lipinski definition) is 1. The highest BCUT2D eigenvalue weighted by Gasteiger charge is 2.16. The summed E-state index contributed by atoms with van der Waals surface area (Å²) in [6.07, 6.45) is 0. The zero-order chi connectivity index (χ0) is 17.0. The number of hydrogen-bond acceptors (Lipinski definition) is 5. The number of sulfone groups is 1. The van der Waals surface area contributed by atoms with Crippen molar-refractivity contribution >= 4 is 15.7 Å². The van der Waals surface area contributed by atoms with Gasteiger partial charge >= 0.3 is 0 Å². The predicted octanol–water partition coefficient (Wildman–Crippen LogP) is 1.36. The average Bonchev–Trinajstić information content (AvgIpc) is 2.78. The van der Waals surface area contributed by atoms with Crippen LogP contribution in [-0.2, 0) is 23.4 Å². The molecular formula is C16H24N4O2S. The Kier molecular flexibility index (Phi) is 5.43. The summed E-state index contributed by atoms with van der Waals surface area (Å²) >= 11 is 0. The third kappa shape index (κ3) is 4.11. The van der Waals surface area contributed by atoms with Crippen molar-refractivity contribution in [2.75, 3.05) is 31.3 Å². The monoisotopic (exact) mass is 336 g/mol. The number of nitrogens with one attached hydrogen (secondary N) is 1. The lowest BCUT2D eigenvalue weighted by Crippen LogP contribution is -2.24. The lowest BCUT2D eigenvalue weighted by molar-refractivity contribution is 0.590. The second-order valence-electron chi connectivity index (χ2n) is 5.71. The maximum absolute atomic E-state index is 12.2. The molecule has 0 unspecified atom stereocenters. The average molecular weight is 336 g/mol. The van der Waals surface area contributed by atoms with Crippen LogP contribution in [0.2, 0.25) is 0 Å². The fraction of sp³-hybridized carbons (Fsp3) is 0.438. The summed E-state index contributed by atoms with van der Waals surface area (Å²) in [6, 6.07) is 8.55. The second kappa shape index (κ2) is 7.14. The molecular weight excluding hydrogens is 312 g/mol. The van der Waals surface area contributed by atoms with Gasteiger partial charge < -0.3 is 10.2 Å². The van der Waals surface area contributed by atoms with Gasteiger partial charge in [-0.1, -0.05) is 18.2 Å². The molecule has 126 valence electrons. The summed E-state index contributed by atoms with van der Waals surface area (Å²) in [5, 5.41) is 7.64. The molecule has 0 amide bonds. The molecule has 2 aromatic rings. The van der Waals surface area contributed by atoms with E-state index in [0.29, 0.717) is 18.0 Å². The quantitative estimate of drug-likeness (QED) is 0.773. The number of aryl methyl sites for hydroxylation is 2. The fourth-order valence-electron chi connectivity index (χ4n) is 2.62. The maximum Gasteiger partial charge on any atom is 0.179 e. The van der Waals surface area contributed by atoms with Crippen molar-refractivity contribution in [3.05, 3.63) is 41.6 Å². The first kappa shape index (κ1) is 17.5. The van der Waals surface area contributed by atoms with Gasteiger partial charge in [-0.2, -0.15) is 5.10 Å². The minimum absolute atomic E-state index is 0.0770. The molecule has 1 heterocycles. The summed E-state index contributed by atoms with van der Waals surface area (Å²) < 4.78 is 26.3. The molecule has 23 heavy (non-hydrogen) atoms. The van der Waals surface area contributed by atoms with Crippen molar-refractivity contribution in [1.29, 1.82) is 0 Å². The molecule has 0 radical (unpaired) electrons. The third-order valence-corrected chi connectivity index (χ3v) is 5.42. The largest absolute Gasteiger partial charge is 0.363 e. The van der Waals surface area contributed by atoms with Gasteiger partial charge in [-0.15, -0.1) is 0 Å². The molecule has 7 heteroatoms. The Bertz CT molecular complexity index is 752. The Morgan fingerprint density at radius 2 is 1.87 bits per heavy atom. The molecule has 0 saturated carbocycles. The number of anilines is 1. The smallest absolute Gasteiger partial charge is 0.179 e. The molecule has 0 aliphatic heterocycles. The van der Waals surface area contributed by atoms with Crippen molar-refractivity contribution in [1.82, 2.24) is 15.1 Å². The molecule has 2 rings (SSSR count). The van der Waals surface area contributed by atoms with Crippen molar-refractivity contribution in [2.45, 2.75) is 18.4 Å². The zero-order valence-electron chi connectivity index (χ0n) is 14.1. The van der Waals surface area contributed by atoms with E-state index in [9.17, 15) is 8.42 Å². The first-order chi connectivity index (χ1) is 10.8. The molecule has 1 aromatic carbocycles. The third-order valence-electron chi connectivity index (χ3n) is 3.69. The molecule has 0 saturated heterocycles. The summed E-state index contributed by atoms with van der Waals surface area (Å²) in [4.78, 5) is 2.38. The Morgan fingerprint density at radius 1 is 1.22 bits per heavy atom. The lowest BCUT2D eigenvalue weighted by Gasteiger charge is -2.15. The molecule has 0 aliphatic carbocycles. The van der Waals surface area contributed by atoms with Crippen LogP contribution >= 0.6 is 0 Å². The fourth-order valence-corrected chi connectivity index (χ4v) is 3.84. The highest BCUT2D eigenvalue weighted by atomic mass is 32.2. The summed E-state index contributed by atoms with van der Waals surface area (Å²) in [6.45, 7) is 2.96. The minimum Gasteiger partial charge on any atom is -0.363 e. The Morgan fingerprint density at radius 3 is 2.48 bits per heavy atom. The summed E-state index contributed by atoms with van der Waals surface area (Å²) in [7, 11) is 2.61. The molecule has 0 fully saturated rings. The van der Waals surface area contributed by atoms with Gasteiger partial charge in [-0.25, -0.2) is 8.42 Å². The highest BCUT2D eigenvalue weighted by molar-refractivity contribution is 7.91. The Balaban J connectivity index is 1.97. The van der Waals surface area contributed by atoms with Crippen LogP contribution in [0, 0.1) is 6.92 Å². The van der Waals surface area contributed by atoms with Gasteiger partial charge in [0.05, 0.1) is 16.3 Å². The van der Waals surface area contributed by atoms with E-state index < -0.39 is 9.84 Å². The van der Waals surface area contributed by atoms with Crippen molar-refractivity contribution in [3.8, 4) is 0 Å². The molecule has 1 N–H and O–H groups in total. The van der Waals surface area contributed by atoms with Crippen LogP contribution in [0.25, 0.3) is 0 Å². The minimum atomic E-state index is -3.24. The molecule has 0 spiro atoms. The first-order valence-electron chi connectivity index (χ1n) is 7.51. The van der Waals surface area contributed by atoms with E-state index in [1.807, 2.05) is 43.7 Å². The van der Waals surface area contributed by atoms with E-state index in [1.165, 1.54) is 0 Å². The molecule has 0 atom stereocenters. The van der Waals surface area contributed by atoms with E-state index in [0.717, 1.165) is 17.1 Å². The molecule has 6 nitrogen and oxygen atoms in total. The number of benzene rings is 1. The van der Waals surface area contributed by atoms with Gasteiger partial charge in [0.2, 0.25) is 0 Å². The Labute approximate surface area is 138 Å². The van der Waals surface area contributed by atoms with Crippen LogP contribution in [0.1, 0.15) is 11.3 Å². The van der Waals surface area contributed by atoms with Crippen molar-refractivity contribution < 1.29 is 8.42 Å². The van der Waals surface area contributed by atoms with Crippen LogP contribution in [0.15, 0.2) is 35.2 Å². The van der Waals surface area contributed by atoms with E-state index in [1.54, 1.807) is 24.3 Å². The predicted molar refractivity (Wildman–Crippen MR) is 92.5 cm³/mol. The van der Waals surface area contributed by atoms with Crippen LogP contribution in [0.4, 0.5) is 5.82 Å². The Hall–Kier alpha value is -1.86. The maximum atomic E-state index is 12.2. The van der Waals surface area contributed by atoms with Gasteiger partial charge in [-0.05, 0) is 19.1 Å². The van der Waals surface area contributed by atoms with Crippen molar-refractivity contribution in [3.63, 3.8) is 0 Å². The van der Waals surface area contributed by atoms with Crippen LogP contribution in [-0.4, -0.2) is 44.6 Å². The summed E-state index contributed by atoms with van der Waals surface area (Å²) in [5.74, 6) is 1.11. The summed E-state index contributed by atoms with van der Waals surface area (Å²) in [5.41, 5.74) is 2.05. The van der Waals surface area contributed by atoms with Crippen LogP contribution < -0.4 is 10.2 Å². The first-order valence-corrected chi connectivity index (χ1v) is 9.16. The van der Waals surface area contributed by atoms with Gasteiger partial charge in [0, 0.05) is 39.8 Å². The van der Waals surface area contributed by atoms with Crippen LogP contribution in [0.3, 0.4) is 0 Å². The normalized spacial score (nSPS) is 11.7. The van der Waals surface area contributed by atoms with Gasteiger partial charge in [0.1, 0.15) is 5.82 Å². The van der Waals surface area contributed by atoms with Gasteiger partial charge in [0.15, 0.2) is 9.84 Å². The molecule has 1 aromatic heterocycles. The van der Waals surface area contributed by atoms with E-state index in [4.69, 9.17) is 0 Å². The standard InChI is InChI=1S/C16H24N4O2S/c1-13-15(16(19(2)3)20(4)18-13)12-17-10-11-23(21,22)14-8-6-5-7-9-14/h5-9,17H,10-12H2,1-4H3. The molecule has 0 aliphatic rings. The topological polar surface area (TPSA) is 67.2 Å². The van der Waals surface area contributed by atoms with E-state index in [2.05, 4.69) is 10.4 Å². The highest BCUT2D eigenvalue weighted by Crippen LogP contribution is 2.20. The lowest BCUT2D eigenvalue weighted by atomic mass is 10.2. The number of rotatable bonds is 7. The van der Waals surface area contributed by atoms with Crippen molar-refractivity contribution in [2.24, 2.45) is 7.05 Å². The SMILES string of the molecule is Cc1nn(C)c(N(C)C)c1CNCCS(=O)(=O)c1ccccc1. The zero-order valence-corrected chi connectivity index (χ0v) is 14.9. The van der Waals surface area contributed by atoms with Gasteiger partial charge in [-0.3, -0.25) is 4.68 Å². The van der Waals surface area contributed by atoms with E-state index >= 15 is 0 Å². The molecule has 0 bridgehead atoms. The second-order valence-corrected chi connectivity index (χ2v) is 7.82. The number of nitrogens with zero attached hydrogens (tertiary/aromatic N) is 3. The van der Waals surface area contributed by atoms with Crippen LogP contribution in [0.5, 0.6) is 0 Å². The van der Waals surface area contributed by atoms with Gasteiger partial charge in [0.25, 0.3) is 0 Å². The van der Waals surface area contributed by atoms with E-state index in [-0.39, 0.29) is 5.75 Å².